The molecule has 42 heavy (non-hydrogen) atoms. The molecule has 3 nitrogen and oxygen atoms in total. The van der Waals surface area contributed by atoms with E-state index in [0.717, 1.165) is 50.9 Å². The predicted octanol–water partition coefficient (Wildman–Crippen LogP) is 13.5. The van der Waals surface area contributed by atoms with Crippen LogP contribution in [0, 0.1) is 19.8 Å². The quantitative estimate of drug-likeness (QED) is 0.150. The van der Waals surface area contributed by atoms with Gasteiger partial charge in [-0.05, 0) is 83.5 Å². The Labute approximate surface area is 283 Å². The third-order valence-electron chi connectivity index (χ3n) is 6.85. The Morgan fingerprint density at radius 2 is 1.40 bits per heavy atom. The Morgan fingerprint density at radius 3 is 1.95 bits per heavy atom. The average molecular weight is 806 g/mol. The standard InChI is InChI=1S/C26H29NO2S5.H10P8/c1-5-7-8-18(6-2)15-27-19-14-23(22-12-11-21(32-22)20-10-9-16(3)30-20)33-25(19)26-24(34(27,28)29)13-17(4)31-26;1-6(2)8(5)7(3)4/h9-14,18H,5-8,15H2,1-4H3;1-5H2. The van der Waals surface area contributed by atoms with E-state index in [2.05, 4.69) is 95.7 Å². The lowest BCUT2D eigenvalue weighted by Crippen LogP contribution is -2.37. The second kappa shape index (κ2) is 16.4. The summed E-state index contributed by atoms with van der Waals surface area (Å²) in [6.07, 6.45) is 4.32. The number of unbranched alkanes of at least 4 members (excludes halogenated alkanes) is 1. The molecule has 4 aromatic rings. The van der Waals surface area contributed by atoms with Gasteiger partial charge in [-0.3, -0.25) is 4.31 Å². The molecule has 4 aromatic heterocycles. The van der Waals surface area contributed by atoms with Gasteiger partial charge in [-0.25, -0.2) is 8.42 Å². The van der Waals surface area contributed by atoms with Gasteiger partial charge < -0.3 is 0 Å². The number of sulfonamides is 1. The maximum atomic E-state index is 13.8. The fourth-order valence-corrected chi connectivity index (χ4v) is 40.1. The van der Waals surface area contributed by atoms with E-state index >= 15 is 0 Å². The topological polar surface area (TPSA) is 37.4 Å². The SMILES string of the molecule is CCCCC(CC)CN1c2cc(-c3ccc(-c4ccc(C)s4)s3)sc2-c2sc(C)cc2S1(=O)=O.PP(P)P(P)P(P)P. The molecule has 5 rings (SSSR count). The molecular formula is C26H39NO2P8S5. The van der Waals surface area contributed by atoms with Crippen molar-refractivity contribution in [1.82, 2.24) is 0 Å². The van der Waals surface area contributed by atoms with Crippen LogP contribution in [0.1, 0.15) is 49.3 Å². The van der Waals surface area contributed by atoms with Gasteiger partial charge in [-0.1, -0.05) is 33.1 Å². The molecule has 0 aliphatic carbocycles. The summed E-state index contributed by atoms with van der Waals surface area (Å²) in [5, 5.41) is 0. The van der Waals surface area contributed by atoms with Crippen LogP contribution in [0.5, 0.6) is 0 Å². The predicted molar refractivity (Wildman–Crippen MR) is 221 cm³/mol. The highest BCUT2D eigenvalue weighted by molar-refractivity contribution is 9.06. The van der Waals surface area contributed by atoms with Gasteiger partial charge >= 0.3 is 0 Å². The Morgan fingerprint density at radius 1 is 0.786 bits per heavy atom. The largest absolute Gasteiger partial charge is 0.265 e. The van der Waals surface area contributed by atoms with Crippen LogP contribution in [0.2, 0.25) is 0 Å². The lowest BCUT2D eigenvalue weighted by molar-refractivity contribution is 0.459. The van der Waals surface area contributed by atoms with Crippen LogP contribution in [-0.2, 0) is 10.0 Å². The van der Waals surface area contributed by atoms with Crippen LogP contribution in [0.25, 0.3) is 29.3 Å². The molecule has 0 saturated heterocycles. The fraction of sp³-hybridized carbons (Fsp3) is 0.385. The van der Waals surface area contributed by atoms with Gasteiger partial charge in [-0.15, -0.1) is 90.0 Å². The van der Waals surface area contributed by atoms with Crippen LogP contribution in [0.3, 0.4) is 0 Å². The van der Waals surface area contributed by atoms with Crippen LogP contribution in [0.15, 0.2) is 41.3 Å². The summed E-state index contributed by atoms with van der Waals surface area (Å²) in [4.78, 5) is 9.76. The molecule has 0 radical (unpaired) electrons. The van der Waals surface area contributed by atoms with Crippen molar-refractivity contribution >= 4 is 127 Å². The normalized spacial score (nSPS) is 14.7. The maximum absolute atomic E-state index is 13.8. The number of rotatable bonds is 10. The Kier molecular flexibility index (Phi) is 14.4. The lowest BCUT2D eigenvalue weighted by atomic mass is 9.99. The van der Waals surface area contributed by atoms with Crippen LogP contribution in [0.4, 0.5) is 5.69 Å². The molecule has 6 unspecified atom stereocenters. The maximum Gasteiger partial charge on any atom is 0.265 e. The van der Waals surface area contributed by atoms with E-state index in [1.54, 1.807) is 38.3 Å². The second-order valence-electron chi connectivity index (χ2n) is 9.98. The van der Waals surface area contributed by atoms with E-state index in [0.29, 0.717) is 17.4 Å². The summed E-state index contributed by atoms with van der Waals surface area (Å²) in [5.41, 5.74) is 0.867. The minimum atomic E-state index is -3.55. The molecule has 0 bridgehead atoms. The van der Waals surface area contributed by atoms with E-state index in [1.807, 2.05) is 24.3 Å². The van der Waals surface area contributed by atoms with Crippen molar-refractivity contribution < 1.29 is 8.42 Å². The van der Waals surface area contributed by atoms with E-state index in [4.69, 9.17) is 0 Å². The summed E-state index contributed by atoms with van der Waals surface area (Å²) < 4.78 is 29.3. The van der Waals surface area contributed by atoms with Crippen molar-refractivity contribution in [2.45, 2.75) is 58.3 Å². The molecule has 0 amide bonds. The van der Waals surface area contributed by atoms with Gasteiger partial charge in [0, 0.05) is 35.8 Å². The first kappa shape index (κ1) is 36.8. The highest BCUT2D eigenvalue weighted by atomic mass is 33.1. The molecule has 5 heterocycles. The number of nitrogens with zero attached hydrogens (tertiary/aromatic N) is 1. The van der Waals surface area contributed by atoms with Crippen molar-refractivity contribution in [3.8, 4) is 29.3 Å². The highest BCUT2D eigenvalue weighted by Crippen LogP contribution is 3.00. The van der Waals surface area contributed by atoms with Gasteiger partial charge in [0.1, 0.15) is 4.90 Å². The second-order valence-corrected chi connectivity index (χ2v) is 44.6. The monoisotopic (exact) mass is 805 g/mol. The van der Waals surface area contributed by atoms with E-state index in [-0.39, 0.29) is 21.0 Å². The van der Waals surface area contributed by atoms with Crippen LogP contribution in [-0.4, -0.2) is 15.0 Å². The first-order valence-electron chi connectivity index (χ1n) is 13.4. The van der Waals surface area contributed by atoms with Crippen molar-refractivity contribution in [3.63, 3.8) is 0 Å². The fourth-order valence-electron chi connectivity index (χ4n) is 4.58. The van der Waals surface area contributed by atoms with Crippen molar-refractivity contribution in [2.24, 2.45) is 5.92 Å². The molecular weight excluding hydrogens is 766 g/mol. The van der Waals surface area contributed by atoms with Crippen LogP contribution >= 0.6 is 111 Å². The first-order valence-corrected chi connectivity index (χ1v) is 31.7. The zero-order valence-corrected chi connectivity index (χ0v) is 36.6. The molecule has 1 aliphatic heterocycles. The van der Waals surface area contributed by atoms with Gasteiger partial charge in [0.15, 0.2) is 0 Å². The Balaban J connectivity index is 0.000000446. The van der Waals surface area contributed by atoms with E-state index in [9.17, 15) is 8.42 Å². The van der Waals surface area contributed by atoms with Gasteiger partial charge in [0.05, 0.1) is 15.4 Å². The zero-order chi connectivity index (χ0) is 30.8. The van der Waals surface area contributed by atoms with Gasteiger partial charge in [-0.2, -0.15) is 0 Å². The average Bonchev–Trinajstić information content (AvgIpc) is 3.73. The summed E-state index contributed by atoms with van der Waals surface area (Å²) in [7, 11) is 10.8. The molecule has 0 N–H and O–H groups in total. The minimum absolute atomic E-state index is 0.147. The molecule has 0 aromatic carbocycles. The number of hydrogen-bond donors (Lipinski definition) is 0. The lowest BCUT2D eigenvalue weighted by Gasteiger charge is -2.31. The summed E-state index contributed by atoms with van der Waals surface area (Å²) in [5.74, 6) is 0.364. The van der Waals surface area contributed by atoms with Crippen molar-refractivity contribution in [1.29, 1.82) is 0 Å². The molecule has 0 spiro atoms. The molecule has 16 heteroatoms. The minimum Gasteiger partial charge on any atom is -0.264 e. The highest BCUT2D eigenvalue weighted by Gasteiger charge is 2.39. The summed E-state index contributed by atoms with van der Waals surface area (Å²) in [6, 6.07) is 12.7. The van der Waals surface area contributed by atoms with E-state index < -0.39 is 10.0 Å². The number of fused-ring (bicyclic) bond motifs is 3. The number of anilines is 1. The molecule has 0 saturated carbocycles. The van der Waals surface area contributed by atoms with E-state index in [1.165, 1.54) is 19.5 Å². The van der Waals surface area contributed by atoms with Crippen molar-refractivity contribution in [2.75, 3.05) is 10.8 Å². The summed E-state index contributed by atoms with van der Waals surface area (Å²) >= 11 is 6.94. The number of thiophene rings is 4. The molecule has 1 aliphatic rings. The number of hydrogen-bond acceptors (Lipinski definition) is 6. The zero-order valence-electron chi connectivity index (χ0n) is 24.1. The third kappa shape index (κ3) is 8.71. The molecule has 0 fully saturated rings. The van der Waals surface area contributed by atoms with Crippen molar-refractivity contribution in [3.05, 3.63) is 46.2 Å². The third-order valence-corrected chi connectivity index (χ3v) is 51.5. The van der Waals surface area contributed by atoms with Gasteiger partial charge in [0.25, 0.3) is 10.0 Å². The van der Waals surface area contributed by atoms with Gasteiger partial charge in [0.2, 0.25) is 0 Å². The molecule has 230 valence electrons. The Hall–Kier alpha value is 1.99. The molecule has 6 atom stereocenters. The Bertz CT molecular complexity index is 1590. The van der Waals surface area contributed by atoms with Crippen LogP contribution < -0.4 is 4.31 Å². The first-order chi connectivity index (χ1) is 19.9. The smallest absolute Gasteiger partial charge is 0.264 e. The number of aryl methyl sites for hydroxylation is 2. The summed E-state index contributed by atoms with van der Waals surface area (Å²) in [6.45, 7) is 9.56.